The Labute approximate surface area is 142 Å². The number of piperidine rings is 1. The number of rotatable bonds is 2. The second kappa shape index (κ2) is 6.30. The van der Waals surface area contributed by atoms with E-state index in [1.54, 1.807) is 12.3 Å². The summed E-state index contributed by atoms with van der Waals surface area (Å²) in [6.07, 6.45) is 4.78. The minimum Gasteiger partial charge on any atom is -0.398 e. The first-order valence-corrected chi connectivity index (χ1v) is 8.70. The average molecular weight is 327 g/mol. The number of nitrogens with two attached hydrogens (primary N) is 1. The van der Waals surface area contributed by atoms with Gasteiger partial charge in [-0.25, -0.2) is 0 Å². The van der Waals surface area contributed by atoms with Gasteiger partial charge in [-0.1, -0.05) is 6.07 Å². The number of nitrogen functional groups attached to an aromatic ring is 1. The first kappa shape index (κ1) is 16.6. The molecule has 1 aromatic heterocycles. The number of nitrogens with zero attached hydrogens (tertiary/aromatic N) is 2. The summed E-state index contributed by atoms with van der Waals surface area (Å²) >= 11 is 0. The molecule has 0 bridgehead atoms. The number of carbonyl (C=O) groups is 1. The monoisotopic (exact) mass is 327 g/mol. The lowest BCUT2D eigenvalue weighted by atomic mass is 9.96. The Bertz CT molecular complexity index is 830. The van der Waals surface area contributed by atoms with Gasteiger partial charge in [-0.05, 0) is 52.2 Å². The molecule has 2 heterocycles. The lowest BCUT2D eigenvalue weighted by Gasteiger charge is -2.39. The zero-order chi connectivity index (χ0) is 17.4. The summed E-state index contributed by atoms with van der Waals surface area (Å²) in [4.78, 5) is 28.0. The van der Waals surface area contributed by atoms with Crippen molar-refractivity contribution in [1.29, 1.82) is 0 Å². The predicted octanol–water partition coefficient (Wildman–Crippen LogP) is 3.01. The number of carbonyl (C=O) groups excluding carboxylic acids is 1. The maximum absolute atomic E-state index is 13.1. The number of amides is 1. The number of likely N-dealkylation sites (tertiary alicyclic amines) is 1. The lowest BCUT2D eigenvalue weighted by molar-refractivity contribution is 0.0509. The third-order valence-corrected chi connectivity index (χ3v) is 5.14. The van der Waals surface area contributed by atoms with E-state index in [9.17, 15) is 9.59 Å². The van der Waals surface area contributed by atoms with Crippen molar-refractivity contribution in [2.75, 3.05) is 5.73 Å². The molecule has 2 N–H and O–H groups in total. The van der Waals surface area contributed by atoms with E-state index in [1.807, 2.05) is 28.5 Å². The van der Waals surface area contributed by atoms with E-state index in [2.05, 4.69) is 13.8 Å². The third kappa shape index (κ3) is 2.58. The molecule has 2 atom stereocenters. The fourth-order valence-electron chi connectivity index (χ4n) is 3.84. The first-order chi connectivity index (χ1) is 11.5. The van der Waals surface area contributed by atoms with Gasteiger partial charge >= 0.3 is 0 Å². The molecule has 0 aliphatic carbocycles. The fourth-order valence-corrected chi connectivity index (χ4v) is 3.84. The van der Waals surface area contributed by atoms with Crippen molar-refractivity contribution in [2.24, 2.45) is 0 Å². The summed E-state index contributed by atoms with van der Waals surface area (Å²) in [7, 11) is 0. The summed E-state index contributed by atoms with van der Waals surface area (Å²) in [5.74, 6) is -0.174. The van der Waals surface area contributed by atoms with Crippen LogP contribution in [-0.4, -0.2) is 27.5 Å². The normalized spacial score (nSPS) is 21.2. The molecule has 1 aliphatic heterocycles. The van der Waals surface area contributed by atoms with Gasteiger partial charge in [0.15, 0.2) is 0 Å². The van der Waals surface area contributed by atoms with Crippen molar-refractivity contribution in [3.63, 3.8) is 0 Å². The highest BCUT2D eigenvalue weighted by Gasteiger charge is 2.31. The van der Waals surface area contributed by atoms with Gasteiger partial charge in [-0.15, -0.1) is 0 Å². The van der Waals surface area contributed by atoms with Gasteiger partial charge in [-0.2, -0.15) is 0 Å². The van der Waals surface area contributed by atoms with Crippen LogP contribution in [0, 0.1) is 0 Å². The van der Waals surface area contributed by atoms with E-state index in [-0.39, 0.29) is 29.0 Å². The Kier molecular flexibility index (Phi) is 4.35. The molecule has 3 rings (SSSR count). The molecule has 1 saturated heterocycles. The Morgan fingerprint density at radius 1 is 1.25 bits per heavy atom. The van der Waals surface area contributed by atoms with Crippen molar-refractivity contribution in [2.45, 2.75) is 58.7 Å². The quantitative estimate of drug-likeness (QED) is 0.862. The van der Waals surface area contributed by atoms with E-state index in [4.69, 9.17) is 5.73 Å². The van der Waals surface area contributed by atoms with E-state index in [0.29, 0.717) is 17.6 Å². The van der Waals surface area contributed by atoms with Crippen molar-refractivity contribution in [1.82, 2.24) is 9.47 Å². The van der Waals surface area contributed by atoms with Gasteiger partial charge < -0.3 is 15.2 Å². The summed E-state index contributed by atoms with van der Waals surface area (Å²) in [5.41, 5.74) is 7.21. The fraction of sp³-hybridized carbons (Fsp3) is 0.474. The maximum Gasteiger partial charge on any atom is 0.259 e. The summed E-state index contributed by atoms with van der Waals surface area (Å²) in [5, 5.41) is 0.447. The van der Waals surface area contributed by atoms with E-state index < -0.39 is 0 Å². The summed E-state index contributed by atoms with van der Waals surface area (Å²) in [6, 6.07) is 5.72. The smallest absolute Gasteiger partial charge is 0.259 e. The molecule has 0 saturated carbocycles. The molecule has 5 nitrogen and oxygen atoms in total. The minimum atomic E-state index is -0.261. The zero-order valence-electron chi connectivity index (χ0n) is 14.6. The molecule has 0 radical (unpaired) electrons. The van der Waals surface area contributed by atoms with Crippen molar-refractivity contribution in [3.8, 4) is 0 Å². The van der Waals surface area contributed by atoms with Crippen LogP contribution in [0.3, 0.4) is 0 Å². The van der Waals surface area contributed by atoms with Crippen LogP contribution in [0.4, 0.5) is 5.69 Å². The zero-order valence-corrected chi connectivity index (χ0v) is 14.6. The molecular formula is C19H25N3O2. The number of benzene rings is 1. The second-order valence-electron chi connectivity index (χ2n) is 6.74. The van der Waals surface area contributed by atoms with Crippen molar-refractivity contribution < 1.29 is 4.79 Å². The van der Waals surface area contributed by atoms with Crippen molar-refractivity contribution in [3.05, 3.63) is 40.2 Å². The van der Waals surface area contributed by atoms with Crippen molar-refractivity contribution >= 4 is 22.5 Å². The lowest BCUT2D eigenvalue weighted by Crippen LogP contribution is -2.48. The van der Waals surface area contributed by atoms with E-state index in [0.717, 1.165) is 24.8 Å². The average Bonchev–Trinajstić information content (AvgIpc) is 2.55. The highest BCUT2D eigenvalue weighted by atomic mass is 16.2. The van der Waals surface area contributed by atoms with Crippen LogP contribution >= 0.6 is 0 Å². The molecule has 5 heteroatoms. The number of hydrogen-bond acceptors (Lipinski definition) is 3. The maximum atomic E-state index is 13.1. The Morgan fingerprint density at radius 3 is 2.54 bits per heavy atom. The molecule has 1 aromatic carbocycles. The molecule has 1 aliphatic rings. The second-order valence-corrected chi connectivity index (χ2v) is 6.74. The number of pyridine rings is 1. The molecule has 0 spiro atoms. The largest absolute Gasteiger partial charge is 0.398 e. The molecule has 1 amide bonds. The summed E-state index contributed by atoms with van der Waals surface area (Å²) < 4.78 is 1.93. The molecule has 24 heavy (non-hydrogen) atoms. The topological polar surface area (TPSA) is 68.3 Å². The van der Waals surface area contributed by atoms with Crippen LogP contribution in [0.15, 0.2) is 29.2 Å². The first-order valence-electron chi connectivity index (χ1n) is 8.70. The SMILES string of the molecule is CCn1cc(C(=O)N2C(C)CCCC2C)c(=O)c2c(N)cccc21. The van der Waals surface area contributed by atoms with Gasteiger partial charge in [0.1, 0.15) is 5.56 Å². The Hall–Kier alpha value is -2.30. The van der Waals surface area contributed by atoms with Crippen LogP contribution in [0.2, 0.25) is 0 Å². The number of fused-ring (bicyclic) bond motifs is 1. The molecular weight excluding hydrogens is 302 g/mol. The highest BCUT2D eigenvalue weighted by Crippen LogP contribution is 2.25. The van der Waals surface area contributed by atoms with E-state index >= 15 is 0 Å². The number of anilines is 1. The third-order valence-electron chi connectivity index (χ3n) is 5.14. The number of hydrogen-bond donors (Lipinski definition) is 1. The summed E-state index contributed by atoms with van der Waals surface area (Å²) in [6.45, 7) is 6.78. The Morgan fingerprint density at radius 2 is 1.92 bits per heavy atom. The van der Waals surface area contributed by atoms with Gasteiger partial charge in [0.25, 0.3) is 5.91 Å². The van der Waals surface area contributed by atoms with Gasteiger partial charge in [-0.3, -0.25) is 9.59 Å². The number of aryl methyl sites for hydroxylation is 1. The highest BCUT2D eigenvalue weighted by molar-refractivity contribution is 6.00. The van der Waals surface area contributed by atoms with E-state index in [1.165, 1.54) is 0 Å². The molecule has 2 aromatic rings. The van der Waals surface area contributed by atoms with Gasteiger partial charge in [0.2, 0.25) is 5.43 Å². The number of aromatic nitrogens is 1. The van der Waals surface area contributed by atoms with Crippen LogP contribution < -0.4 is 11.2 Å². The molecule has 2 unspecified atom stereocenters. The van der Waals surface area contributed by atoms with Gasteiger partial charge in [0.05, 0.1) is 10.9 Å². The van der Waals surface area contributed by atoms with Crippen LogP contribution in [0.5, 0.6) is 0 Å². The predicted molar refractivity (Wildman–Crippen MR) is 97.2 cm³/mol. The molecule has 128 valence electrons. The molecule has 1 fully saturated rings. The Balaban J connectivity index is 2.19. The standard InChI is InChI=1S/C19H25N3O2/c1-4-21-11-14(18(23)17-15(20)9-6-10-16(17)21)19(24)22-12(2)7-5-8-13(22)3/h6,9-13H,4-5,7-8,20H2,1-3H3. The van der Waals surface area contributed by atoms with Crippen LogP contribution in [-0.2, 0) is 6.54 Å². The van der Waals surface area contributed by atoms with Crippen LogP contribution in [0.1, 0.15) is 50.4 Å². The minimum absolute atomic E-state index is 0.152. The van der Waals surface area contributed by atoms with Gasteiger partial charge in [0, 0.05) is 30.5 Å². The van der Waals surface area contributed by atoms with Crippen LogP contribution in [0.25, 0.3) is 10.9 Å².